The van der Waals surface area contributed by atoms with Crippen molar-refractivity contribution >= 4 is 76.4 Å². The first-order chi connectivity index (χ1) is 11.3. The van der Waals surface area contributed by atoms with Crippen molar-refractivity contribution in [3.05, 3.63) is 62.1 Å². The molecule has 5 nitrogen and oxygen atoms in total. The first-order valence-corrected chi connectivity index (χ1v) is 8.20. The van der Waals surface area contributed by atoms with Gasteiger partial charge in [-0.1, -0.05) is 52.5 Å². The molecular formula is C15H14Cl5N5. The van der Waals surface area contributed by atoms with Gasteiger partial charge in [-0.25, -0.2) is 0 Å². The van der Waals surface area contributed by atoms with Crippen molar-refractivity contribution in [2.45, 2.75) is 6.54 Å². The molecule has 2 aromatic rings. The van der Waals surface area contributed by atoms with Crippen LogP contribution in [0.15, 0.2) is 36.4 Å². The summed E-state index contributed by atoms with van der Waals surface area (Å²) in [6.07, 6.45) is 0. The molecule has 0 atom stereocenters. The van der Waals surface area contributed by atoms with Gasteiger partial charge in [0.15, 0.2) is 11.9 Å². The molecule has 0 aliphatic rings. The van der Waals surface area contributed by atoms with Gasteiger partial charge in [-0.2, -0.15) is 0 Å². The van der Waals surface area contributed by atoms with Crippen molar-refractivity contribution in [2.75, 3.05) is 5.32 Å². The van der Waals surface area contributed by atoms with Crippen LogP contribution < -0.4 is 16.0 Å². The van der Waals surface area contributed by atoms with Gasteiger partial charge in [-0.3, -0.25) is 16.1 Å². The molecule has 0 saturated heterocycles. The number of anilines is 1. The number of nitrogens with one attached hydrogen (secondary N) is 5. The van der Waals surface area contributed by atoms with Crippen molar-refractivity contribution in [3.8, 4) is 0 Å². The van der Waals surface area contributed by atoms with Crippen molar-refractivity contribution < 1.29 is 0 Å². The second-order valence-electron chi connectivity index (χ2n) is 4.73. The monoisotopic (exact) mass is 439 g/mol. The highest BCUT2D eigenvalue weighted by Gasteiger charge is 2.06. The molecule has 2 rings (SSSR count). The summed E-state index contributed by atoms with van der Waals surface area (Å²) in [5.41, 5.74) is 1.37. The average Bonchev–Trinajstić information content (AvgIpc) is 2.51. The van der Waals surface area contributed by atoms with Crippen molar-refractivity contribution in [3.63, 3.8) is 0 Å². The Morgan fingerprint density at radius 1 is 0.840 bits per heavy atom. The van der Waals surface area contributed by atoms with Crippen LogP contribution in [0.5, 0.6) is 0 Å². The quantitative estimate of drug-likeness (QED) is 0.327. The molecule has 2 aromatic carbocycles. The molecule has 0 bridgehead atoms. The number of halogens is 5. The van der Waals surface area contributed by atoms with Gasteiger partial charge in [-0.05, 0) is 35.9 Å². The van der Waals surface area contributed by atoms with Crippen LogP contribution in [0.1, 0.15) is 5.56 Å². The highest BCUT2D eigenvalue weighted by atomic mass is 35.5. The summed E-state index contributed by atoms with van der Waals surface area (Å²) in [7, 11) is 0. The molecule has 5 N–H and O–H groups in total. The van der Waals surface area contributed by atoms with E-state index in [0.717, 1.165) is 5.56 Å². The van der Waals surface area contributed by atoms with Crippen LogP contribution in [0.25, 0.3) is 0 Å². The Bertz CT molecular complexity index is 781. The molecule has 0 heterocycles. The van der Waals surface area contributed by atoms with Gasteiger partial charge in [-0.15, -0.1) is 12.4 Å². The minimum Gasteiger partial charge on any atom is -0.352 e. The smallest absolute Gasteiger partial charge is 0.199 e. The summed E-state index contributed by atoms with van der Waals surface area (Å²) in [4.78, 5) is 0. The van der Waals surface area contributed by atoms with E-state index in [1.165, 1.54) is 0 Å². The van der Waals surface area contributed by atoms with Crippen LogP contribution in [-0.4, -0.2) is 11.9 Å². The first-order valence-electron chi connectivity index (χ1n) is 6.69. The van der Waals surface area contributed by atoms with Crippen molar-refractivity contribution in [1.29, 1.82) is 10.8 Å². The summed E-state index contributed by atoms with van der Waals surface area (Å²) in [6, 6.07) is 10.0. The molecule has 0 unspecified atom stereocenters. The molecule has 0 aliphatic heterocycles. The molecule has 25 heavy (non-hydrogen) atoms. The van der Waals surface area contributed by atoms with Crippen LogP contribution in [0.4, 0.5) is 5.69 Å². The number of hydrogen-bond acceptors (Lipinski definition) is 2. The Morgan fingerprint density at radius 3 is 2.20 bits per heavy atom. The number of benzene rings is 2. The SMILES string of the molecule is Cl.N=C(NCc1ccc(Cl)c(Cl)c1)NC(=N)Nc1ccc(Cl)cc1Cl. The molecule has 0 saturated carbocycles. The maximum atomic E-state index is 7.82. The van der Waals surface area contributed by atoms with E-state index in [1.807, 2.05) is 0 Å². The second kappa shape index (κ2) is 9.94. The zero-order chi connectivity index (χ0) is 17.7. The van der Waals surface area contributed by atoms with E-state index in [9.17, 15) is 0 Å². The van der Waals surface area contributed by atoms with E-state index < -0.39 is 0 Å². The average molecular weight is 442 g/mol. The first kappa shape index (κ1) is 21.7. The Balaban J connectivity index is 0.00000312. The van der Waals surface area contributed by atoms with E-state index in [-0.39, 0.29) is 24.3 Å². The molecular weight excluding hydrogens is 427 g/mol. The zero-order valence-electron chi connectivity index (χ0n) is 12.6. The highest BCUT2D eigenvalue weighted by Crippen LogP contribution is 2.25. The lowest BCUT2D eigenvalue weighted by atomic mass is 10.2. The molecule has 0 radical (unpaired) electrons. The summed E-state index contributed by atoms with van der Waals surface area (Å²) in [5.74, 6) is -0.158. The molecule has 10 heteroatoms. The molecule has 0 aliphatic carbocycles. The lowest BCUT2D eigenvalue weighted by Gasteiger charge is -2.14. The van der Waals surface area contributed by atoms with Gasteiger partial charge < -0.3 is 10.6 Å². The van der Waals surface area contributed by atoms with Gasteiger partial charge in [0.1, 0.15) is 0 Å². The third-order valence-corrected chi connectivity index (χ3v) is 4.18. The molecule has 0 amide bonds. The van der Waals surface area contributed by atoms with Crippen molar-refractivity contribution in [2.24, 2.45) is 0 Å². The minimum atomic E-state index is -0.106. The fourth-order valence-corrected chi connectivity index (χ4v) is 2.54. The van der Waals surface area contributed by atoms with E-state index in [0.29, 0.717) is 32.3 Å². The summed E-state index contributed by atoms with van der Waals surface area (Å²) < 4.78 is 0. The lowest BCUT2D eigenvalue weighted by Crippen LogP contribution is -2.42. The van der Waals surface area contributed by atoms with Crippen LogP contribution in [0.2, 0.25) is 20.1 Å². The van der Waals surface area contributed by atoms with Crippen molar-refractivity contribution in [1.82, 2.24) is 10.6 Å². The molecule has 0 spiro atoms. The summed E-state index contributed by atoms with van der Waals surface area (Å²) in [6.45, 7) is 0.359. The maximum absolute atomic E-state index is 7.82. The van der Waals surface area contributed by atoms with Crippen LogP contribution >= 0.6 is 58.8 Å². The number of rotatable bonds is 3. The third-order valence-electron chi connectivity index (χ3n) is 2.89. The van der Waals surface area contributed by atoms with Gasteiger partial charge in [0.05, 0.1) is 20.8 Å². The van der Waals surface area contributed by atoms with E-state index in [2.05, 4.69) is 16.0 Å². The van der Waals surface area contributed by atoms with Crippen LogP contribution in [0.3, 0.4) is 0 Å². The fraction of sp³-hybridized carbons (Fsp3) is 0.0667. The van der Waals surface area contributed by atoms with Crippen LogP contribution in [0, 0.1) is 10.8 Å². The molecule has 134 valence electrons. The Morgan fingerprint density at radius 2 is 1.56 bits per heavy atom. The van der Waals surface area contributed by atoms with Gasteiger partial charge in [0.25, 0.3) is 0 Å². The van der Waals surface area contributed by atoms with Gasteiger partial charge in [0, 0.05) is 11.6 Å². The molecule has 0 aromatic heterocycles. The topological polar surface area (TPSA) is 83.8 Å². The number of hydrogen-bond donors (Lipinski definition) is 5. The number of guanidine groups is 2. The lowest BCUT2D eigenvalue weighted by molar-refractivity contribution is 0.878. The Labute approximate surface area is 171 Å². The normalized spacial score (nSPS) is 9.76. The largest absolute Gasteiger partial charge is 0.352 e. The Kier molecular flexibility index (Phi) is 8.62. The highest BCUT2D eigenvalue weighted by molar-refractivity contribution is 6.42. The van der Waals surface area contributed by atoms with E-state index in [4.69, 9.17) is 57.2 Å². The summed E-state index contributed by atoms with van der Waals surface area (Å²) in [5, 5.41) is 25.5. The standard InChI is InChI=1S/C15H13Cl4N5.ClH/c16-9-2-4-13(12(19)6-9)23-15(21)24-14(20)22-7-8-1-3-10(17)11(18)5-8;/h1-6H,7H2,(H5,20,21,22,23,24);1H. The van der Waals surface area contributed by atoms with Gasteiger partial charge >= 0.3 is 0 Å². The fourth-order valence-electron chi connectivity index (χ4n) is 1.77. The van der Waals surface area contributed by atoms with Crippen LogP contribution in [-0.2, 0) is 6.54 Å². The van der Waals surface area contributed by atoms with E-state index in [1.54, 1.807) is 36.4 Å². The zero-order valence-corrected chi connectivity index (χ0v) is 16.4. The summed E-state index contributed by atoms with van der Waals surface area (Å²) >= 11 is 23.6. The third kappa shape index (κ3) is 6.80. The predicted octanol–water partition coefficient (Wildman–Crippen LogP) is 5.38. The second-order valence-corrected chi connectivity index (χ2v) is 6.38. The Hall–Kier alpha value is -1.37. The predicted molar refractivity (Wildman–Crippen MR) is 109 cm³/mol. The molecule has 0 fully saturated rings. The maximum Gasteiger partial charge on any atom is 0.199 e. The van der Waals surface area contributed by atoms with Gasteiger partial charge in [0.2, 0.25) is 0 Å². The van der Waals surface area contributed by atoms with E-state index >= 15 is 0 Å². The minimum absolute atomic E-state index is 0.